The number of anilines is 3. The van der Waals surface area contributed by atoms with E-state index in [0.717, 1.165) is 40.8 Å². The van der Waals surface area contributed by atoms with E-state index in [4.69, 9.17) is 16.5 Å². The summed E-state index contributed by atoms with van der Waals surface area (Å²) in [6.45, 7) is 1.97. The van der Waals surface area contributed by atoms with Crippen LogP contribution in [0.5, 0.6) is 0 Å². The fraction of sp³-hybridized carbons (Fsp3) is 0.286. The van der Waals surface area contributed by atoms with Crippen molar-refractivity contribution in [1.29, 1.82) is 5.26 Å². The first-order valence-electron chi connectivity index (χ1n) is 10.1. The predicted molar refractivity (Wildman–Crippen MR) is 118 cm³/mol. The Morgan fingerprint density at radius 3 is 2.77 bits per heavy atom. The monoisotopic (exact) mass is 414 g/mol. The molecule has 31 heavy (non-hydrogen) atoms. The molecule has 0 amide bonds. The quantitative estimate of drug-likeness (QED) is 0.451. The number of nitrogens with two attached hydrogens (primary N) is 2. The van der Waals surface area contributed by atoms with Crippen LogP contribution in [0.2, 0.25) is 0 Å². The maximum atomic E-state index is 9.51. The topological polar surface area (TPSA) is 149 Å². The Labute approximate surface area is 178 Å². The van der Waals surface area contributed by atoms with Crippen molar-refractivity contribution in [3.8, 4) is 17.3 Å². The largest absolute Gasteiger partial charge is 0.382 e. The summed E-state index contributed by atoms with van der Waals surface area (Å²) >= 11 is 0. The van der Waals surface area contributed by atoms with E-state index < -0.39 is 0 Å². The average molecular weight is 414 g/mol. The standard InChI is InChI=1S/C21H22N10/c1-11(26-20-14(10-22)19(23)28-21(24)29-20)18-13(9-17-15(27-18)6-8-30(17)2)16-5-7-25-31(16)12-3-4-12/h5-9,11-12H,3-4H2,1-2H3,(H5,23,24,26,28,29)/t11-/m0/s1. The number of fused-ring (bicyclic) bond motifs is 1. The second-order valence-electron chi connectivity index (χ2n) is 7.81. The smallest absolute Gasteiger partial charge is 0.224 e. The SMILES string of the molecule is C[C@H](Nc1nc(N)nc(N)c1C#N)c1nc2ccn(C)c2cc1-c1ccnn1C1CC1. The van der Waals surface area contributed by atoms with E-state index in [2.05, 4.69) is 31.1 Å². The molecule has 10 nitrogen and oxygen atoms in total. The molecule has 1 saturated carbocycles. The van der Waals surface area contributed by atoms with E-state index in [-0.39, 0.29) is 29.2 Å². The Kier molecular flexibility index (Phi) is 4.25. The summed E-state index contributed by atoms with van der Waals surface area (Å²) in [4.78, 5) is 13.0. The molecule has 0 saturated heterocycles. The Morgan fingerprint density at radius 1 is 1.23 bits per heavy atom. The lowest BCUT2D eigenvalue weighted by Gasteiger charge is -2.20. The van der Waals surface area contributed by atoms with Crippen molar-refractivity contribution in [2.75, 3.05) is 16.8 Å². The third-order valence-electron chi connectivity index (χ3n) is 5.56. The van der Waals surface area contributed by atoms with Gasteiger partial charge in [0.05, 0.1) is 34.5 Å². The molecule has 4 aromatic heterocycles. The lowest BCUT2D eigenvalue weighted by atomic mass is 10.0. The summed E-state index contributed by atoms with van der Waals surface area (Å²) in [6.07, 6.45) is 6.07. The highest BCUT2D eigenvalue weighted by Gasteiger charge is 2.28. The zero-order valence-corrected chi connectivity index (χ0v) is 17.2. The van der Waals surface area contributed by atoms with Crippen LogP contribution in [-0.4, -0.2) is 29.3 Å². The highest BCUT2D eigenvalue weighted by atomic mass is 15.3. The Bertz CT molecular complexity index is 1340. The summed E-state index contributed by atoms with van der Waals surface area (Å²) in [5, 5.41) is 17.3. The molecule has 1 aliphatic carbocycles. The van der Waals surface area contributed by atoms with Crippen LogP contribution in [0.4, 0.5) is 17.6 Å². The molecule has 5 rings (SSSR count). The number of hydrogen-bond donors (Lipinski definition) is 3. The van der Waals surface area contributed by atoms with Crippen molar-refractivity contribution in [2.45, 2.75) is 31.8 Å². The molecule has 0 spiro atoms. The van der Waals surface area contributed by atoms with Crippen LogP contribution >= 0.6 is 0 Å². The van der Waals surface area contributed by atoms with Crippen LogP contribution in [0.15, 0.2) is 30.6 Å². The number of nitrogen functional groups attached to an aromatic ring is 2. The van der Waals surface area contributed by atoms with Crippen LogP contribution in [0.1, 0.15) is 43.1 Å². The zero-order valence-electron chi connectivity index (χ0n) is 17.2. The van der Waals surface area contributed by atoms with Crippen LogP contribution in [0, 0.1) is 11.3 Å². The van der Waals surface area contributed by atoms with Crippen LogP contribution in [-0.2, 0) is 7.05 Å². The van der Waals surface area contributed by atoms with Crippen LogP contribution in [0.3, 0.4) is 0 Å². The highest BCUT2D eigenvalue weighted by Crippen LogP contribution is 2.40. The summed E-state index contributed by atoms with van der Waals surface area (Å²) in [6, 6.07) is 8.32. The zero-order chi connectivity index (χ0) is 21.7. The van der Waals surface area contributed by atoms with Crippen molar-refractivity contribution in [2.24, 2.45) is 7.05 Å². The Balaban J connectivity index is 1.64. The normalized spacial score (nSPS) is 14.5. The molecule has 156 valence electrons. The molecule has 1 atom stereocenters. The maximum absolute atomic E-state index is 9.51. The van der Waals surface area contributed by atoms with Gasteiger partial charge in [-0.1, -0.05) is 0 Å². The van der Waals surface area contributed by atoms with Gasteiger partial charge < -0.3 is 21.4 Å². The Morgan fingerprint density at radius 2 is 2.03 bits per heavy atom. The number of nitriles is 1. The first-order chi connectivity index (χ1) is 15.0. The van der Waals surface area contributed by atoms with Crippen molar-refractivity contribution >= 4 is 28.6 Å². The van der Waals surface area contributed by atoms with Gasteiger partial charge in [0.15, 0.2) is 5.82 Å². The predicted octanol–water partition coefficient (Wildman–Crippen LogP) is 2.77. The fourth-order valence-corrected chi connectivity index (χ4v) is 3.86. The van der Waals surface area contributed by atoms with Crippen molar-refractivity contribution in [3.63, 3.8) is 0 Å². The average Bonchev–Trinajstić information content (AvgIpc) is 3.35. The second kappa shape index (κ2) is 6.98. The van der Waals surface area contributed by atoms with E-state index in [1.165, 1.54) is 0 Å². The van der Waals surface area contributed by atoms with Crippen LogP contribution < -0.4 is 16.8 Å². The number of nitrogens with one attached hydrogen (secondary N) is 1. The molecule has 1 aliphatic rings. The first kappa shape index (κ1) is 18.9. The molecule has 4 heterocycles. The lowest BCUT2D eigenvalue weighted by molar-refractivity contribution is 0.647. The number of aromatic nitrogens is 6. The van der Waals surface area contributed by atoms with Gasteiger partial charge in [-0.15, -0.1) is 0 Å². The summed E-state index contributed by atoms with van der Waals surface area (Å²) in [7, 11) is 2.00. The summed E-state index contributed by atoms with van der Waals surface area (Å²) in [5.41, 5.74) is 16.5. The van der Waals surface area contributed by atoms with Gasteiger partial charge in [-0.25, -0.2) is 4.98 Å². The molecule has 4 aromatic rings. The molecule has 0 radical (unpaired) electrons. The first-order valence-corrected chi connectivity index (χ1v) is 10.1. The number of rotatable bonds is 5. The fourth-order valence-electron chi connectivity index (χ4n) is 3.86. The van der Waals surface area contributed by atoms with E-state index in [0.29, 0.717) is 6.04 Å². The highest BCUT2D eigenvalue weighted by molar-refractivity contribution is 5.83. The molecule has 0 aromatic carbocycles. The second-order valence-corrected chi connectivity index (χ2v) is 7.81. The molecule has 1 fully saturated rings. The minimum Gasteiger partial charge on any atom is -0.382 e. The van der Waals surface area contributed by atoms with E-state index in [9.17, 15) is 5.26 Å². The van der Waals surface area contributed by atoms with Crippen molar-refractivity contribution in [3.05, 3.63) is 41.9 Å². The van der Waals surface area contributed by atoms with Gasteiger partial charge in [0.2, 0.25) is 5.95 Å². The van der Waals surface area contributed by atoms with Gasteiger partial charge in [0.25, 0.3) is 0 Å². The van der Waals surface area contributed by atoms with Gasteiger partial charge in [-0.2, -0.15) is 20.3 Å². The van der Waals surface area contributed by atoms with Gasteiger partial charge in [-0.05, 0) is 38.0 Å². The van der Waals surface area contributed by atoms with Gasteiger partial charge in [0.1, 0.15) is 17.5 Å². The van der Waals surface area contributed by atoms with E-state index in [1.807, 2.05) is 49.1 Å². The molecular formula is C21H22N10. The van der Waals surface area contributed by atoms with Crippen LogP contribution in [0.25, 0.3) is 22.3 Å². The minimum absolute atomic E-state index is 0.00436. The number of hydrogen-bond acceptors (Lipinski definition) is 8. The minimum atomic E-state index is -0.289. The molecule has 0 unspecified atom stereocenters. The van der Waals surface area contributed by atoms with E-state index >= 15 is 0 Å². The number of nitrogens with zero attached hydrogens (tertiary/aromatic N) is 7. The van der Waals surface area contributed by atoms with Gasteiger partial charge in [0, 0.05) is 25.0 Å². The van der Waals surface area contributed by atoms with Gasteiger partial charge in [-0.3, -0.25) is 4.68 Å². The lowest BCUT2D eigenvalue weighted by Crippen LogP contribution is -2.15. The number of pyridine rings is 1. The third-order valence-corrected chi connectivity index (χ3v) is 5.56. The van der Waals surface area contributed by atoms with Crippen molar-refractivity contribution in [1.82, 2.24) is 29.3 Å². The summed E-state index contributed by atoms with van der Waals surface area (Å²) < 4.78 is 4.12. The molecule has 10 heteroatoms. The number of aryl methyl sites for hydroxylation is 1. The molecule has 0 bridgehead atoms. The van der Waals surface area contributed by atoms with Gasteiger partial charge >= 0.3 is 0 Å². The van der Waals surface area contributed by atoms with E-state index in [1.54, 1.807) is 0 Å². The summed E-state index contributed by atoms with van der Waals surface area (Å²) in [5.74, 6) is 0.338. The molecule has 0 aliphatic heterocycles. The third kappa shape index (κ3) is 3.20. The maximum Gasteiger partial charge on any atom is 0.224 e. The van der Waals surface area contributed by atoms with Crippen molar-refractivity contribution < 1.29 is 0 Å². The Hall–Kier alpha value is -4.13. The molecular weight excluding hydrogens is 392 g/mol. The molecule has 5 N–H and O–H groups in total.